The van der Waals surface area contributed by atoms with E-state index in [9.17, 15) is 4.79 Å². The number of hydrogen-bond acceptors (Lipinski definition) is 2. The lowest BCUT2D eigenvalue weighted by atomic mass is 10.2. The van der Waals surface area contributed by atoms with E-state index in [0.29, 0.717) is 30.7 Å². The van der Waals surface area contributed by atoms with E-state index in [1.807, 2.05) is 18.2 Å². The van der Waals surface area contributed by atoms with E-state index in [0.717, 1.165) is 6.42 Å². The zero-order valence-electron chi connectivity index (χ0n) is 11.3. The predicted molar refractivity (Wildman–Crippen MR) is 86.4 cm³/mol. The highest BCUT2D eigenvalue weighted by atomic mass is 79.9. The number of hydrogen-bond donors (Lipinski definition) is 3. The van der Waals surface area contributed by atoms with Crippen LogP contribution in [0.5, 0.6) is 0 Å². The minimum Gasteiger partial charge on any atom is -0.370 e. The molecule has 1 aliphatic carbocycles. The number of aliphatic imine (C=N–C) groups is 1. The third kappa shape index (κ3) is 6.06. The van der Waals surface area contributed by atoms with Gasteiger partial charge < -0.3 is 16.4 Å². The summed E-state index contributed by atoms with van der Waals surface area (Å²) in [5.41, 5.74) is 6.38. The van der Waals surface area contributed by atoms with Gasteiger partial charge in [0.1, 0.15) is 0 Å². The van der Waals surface area contributed by atoms with E-state index >= 15 is 0 Å². The van der Waals surface area contributed by atoms with Crippen molar-refractivity contribution in [3.63, 3.8) is 0 Å². The molecule has 0 atom stereocenters. The summed E-state index contributed by atoms with van der Waals surface area (Å²) in [6.45, 7) is 1.23. The minimum atomic E-state index is -0.0475. The molecule has 1 aromatic carbocycles. The van der Waals surface area contributed by atoms with Gasteiger partial charge in [0.05, 0.1) is 0 Å². The molecule has 0 spiro atoms. The van der Waals surface area contributed by atoms with Crippen LogP contribution in [-0.2, 0) is 0 Å². The molecule has 5 nitrogen and oxygen atoms in total. The van der Waals surface area contributed by atoms with Gasteiger partial charge in [0.2, 0.25) is 0 Å². The van der Waals surface area contributed by atoms with E-state index < -0.39 is 0 Å². The topological polar surface area (TPSA) is 79.5 Å². The number of nitrogens with two attached hydrogens (primary N) is 1. The molecule has 0 aliphatic heterocycles. The van der Waals surface area contributed by atoms with E-state index in [4.69, 9.17) is 5.73 Å². The third-order valence-electron chi connectivity index (χ3n) is 2.87. The maximum atomic E-state index is 11.7. The number of amides is 1. The highest BCUT2D eigenvalue weighted by Gasteiger charge is 2.21. The second kappa shape index (κ2) is 8.58. The van der Waals surface area contributed by atoms with Crippen molar-refractivity contribution in [1.29, 1.82) is 0 Å². The van der Waals surface area contributed by atoms with Gasteiger partial charge in [-0.05, 0) is 31.4 Å². The van der Waals surface area contributed by atoms with Gasteiger partial charge in [-0.2, -0.15) is 0 Å². The second-order valence-electron chi connectivity index (χ2n) is 4.66. The molecule has 0 bridgehead atoms. The van der Waals surface area contributed by atoms with Crippen LogP contribution in [0.2, 0.25) is 0 Å². The van der Waals surface area contributed by atoms with Gasteiger partial charge in [-0.25, -0.2) is 0 Å². The van der Waals surface area contributed by atoms with Crippen molar-refractivity contribution in [2.45, 2.75) is 25.3 Å². The minimum absolute atomic E-state index is 0. The lowest BCUT2D eigenvalue weighted by molar-refractivity contribution is 0.0953. The van der Waals surface area contributed by atoms with Gasteiger partial charge in [-0.1, -0.05) is 18.2 Å². The molecule has 0 aromatic heterocycles. The zero-order valence-corrected chi connectivity index (χ0v) is 13.1. The van der Waals surface area contributed by atoms with Gasteiger partial charge in [0, 0.05) is 24.7 Å². The fourth-order valence-electron chi connectivity index (χ4n) is 1.65. The Morgan fingerprint density at radius 2 is 2.00 bits per heavy atom. The fourth-order valence-corrected chi connectivity index (χ4v) is 1.65. The molecule has 110 valence electrons. The smallest absolute Gasteiger partial charge is 0.251 e. The summed E-state index contributed by atoms with van der Waals surface area (Å²) in [6, 6.07) is 9.71. The maximum absolute atomic E-state index is 11.7. The van der Waals surface area contributed by atoms with Gasteiger partial charge in [0.25, 0.3) is 5.91 Å². The highest BCUT2D eigenvalue weighted by Crippen LogP contribution is 2.17. The van der Waals surface area contributed by atoms with Crippen molar-refractivity contribution in [3.05, 3.63) is 35.9 Å². The van der Waals surface area contributed by atoms with Crippen LogP contribution in [0.4, 0.5) is 0 Å². The van der Waals surface area contributed by atoms with Crippen LogP contribution in [0.25, 0.3) is 0 Å². The first-order valence-corrected chi connectivity index (χ1v) is 6.65. The molecule has 4 N–H and O–H groups in total. The lowest BCUT2D eigenvalue weighted by Gasteiger charge is -2.05. The molecule has 1 fully saturated rings. The number of benzene rings is 1. The summed E-state index contributed by atoms with van der Waals surface area (Å²) in [5.74, 6) is 0.463. The monoisotopic (exact) mass is 340 g/mol. The Kier molecular flexibility index (Phi) is 7.08. The number of carbonyl (C=O) groups excluding carboxylic acids is 1. The van der Waals surface area contributed by atoms with E-state index in [1.54, 1.807) is 12.1 Å². The van der Waals surface area contributed by atoms with Crippen LogP contribution in [0.15, 0.2) is 35.3 Å². The molecule has 1 aromatic rings. The first-order valence-electron chi connectivity index (χ1n) is 6.65. The Labute approximate surface area is 129 Å². The molecular formula is C14H21BrN4O. The molecule has 0 unspecified atom stereocenters. The summed E-state index contributed by atoms with van der Waals surface area (Å²) in [6.07, 6.45) is 3.15. The first kappa shape index (κ1) is 16.5. The van der Waals surface area contributed by atoms with Gasteiger partial charge in [-0.15, -0.1) is 17.0 Å². The maximum Gasteiger partial charge on any atom is 0.251 e. The molecule has 1 amide bonds. The Hall–Kier alpha value is -1.56. The molecule has 20 heavy (non-hydrogen) atoms. The van der Waals surface area contributed by atoms with E-state index in [1.165, 1.54) is 12.8 Å². The fraction of sp³-hybridized carbons (Fsp3) is 0.429. The predicted octanol–water partition coefficient (Wildman–Crippen LogP) is 1.45. The number of halogens is 1. The number of guanidine groups is 1. The Morgan fingerprint density at radius 1 is 1.30 bits per heavy atom. The Bertz CT molecular complexity index is 446. The molecule has 2 rings (SSSR count). The molecule has 0 heterocycles. The first-order chi connectivity index (χ1) is 9.25. The molecule has 0 radical (unpaired) electrons. The zero-order chi connectivity index (χ0) is 13.5. The van der Waals surface area contributed by atoms with Crippen LogP contribution < -0.4 is 16.4 Å². The summed E-state index contributed by atoms with van der Waals surface area (Å²) in [4.78, 5) is 15.9. The van der Waals surface area contributed by atoms with Crippen molar-refractivity contribution < 1.29 is 4.79 Å². The van der Waals surface area contributed by atoms with Crippen molar-refractivity contribution >= 4 is 28.8 Å². The van der Waals surface area contributed by atoms with Crippen LogP contribution in [0.1, 0.15) is 29.6 Å². The number of nitrogens with one attached hydrogen (secondary N) is 2. The molecule has 0 saturated heterocycles. The van der Waals surface area contributed by atoms with E-state index in [2.05, 4.69) is 15.6 Å². The van der Waals surface area contributed by atoms with E-state index in [-0.39, 0.29) is 22.9 Å². The SMILES string of the molecule is Br.NC(=NCCCNC(=O)c1ccccc1)NC1CC1. The average molecular weight is 341 g/mol. The largest absolute Gasteiger partial charge is 0.370 e. The summed E-state index contributed by atoms with van der Waals surface area (Å²) in [7, 11) is 0. The molecule has 1 aliphatic rings. The van der Waals surface area contributed by atoms with Gasteiger partial charge in [-0.3, -0.25) is 9.79 Å². The third-order valence-corrected chi connectivity index (χ3v) is 2.87. The summed E-state index contributed by atoms with van der Waals surface area (Å²) < 4.78 is 0. The van der Waals surface area contributed by atoms with Crippen molar-refractivity contribution in [1.82, 2.24) is 10.6 Å². The van der Waals surface area contributed by atoms with Crippen molar-refractivity contribution in [2.24, 2.45) is 10.7 Å². The standard InChI is InChI=1S/C14H20N4O.BrH/c15-14(18-12-7-8-12)17-10-4-9-16-13(19)11-5-2-1-3-6-11;/h1-3,5-6,12H,4,7-10H2,(H,16,19)(H3,15,17,18);1H. The quantitative estimate of drug-likeness (QED) is 0.416. The second-order valence-corrected chi connectivity index (χ2v) is 4.66. The molecule has 6 heteroatoms. The Morgan fingerprint density at radius 3 is 2.65 bits per heavy atom. The van der Waals surface area contributed by atoms with Crippen LogP contribution in [0.3, 0.4) is 0 Å². The highest BCUT2D eigenvalue weighted by molar-refractivity contribution is 8.93. The van der Waals surface area contributed by atoms with Gasteiger partial charge >= 0.3 is 0 Å². The summed E-state index contributed by atoms with van der Waals surface area (Å²) >= 11 is 0. The van der Waals surface area contributed by atoms with Crippen LogP contribution in [0, 0.1) is 0 Å². The number of rotatable bonds is 6. The normalized spacial score (nSPS) is 14.3. The Balaban J connectivity index is 0.00000200. The molecular weight excluding hydrogens is 320 g/mol. The number of nitrogens with zero attached hydrogens (tertiary/aromatic N) is 1. The van der Waals surface area contributed by atoms with Crippen LogP contribution >= 0.6 is 17.0 Å². The van der Waals surface area contributed by atoms with Crippen LogP contribution in [-0.4, -0.2) is 31.0 Å². The number of carbonyl (C=O) groups is 1. The average Bonchev–Trinajstić information content (AvgIpc) is 3.23. The molecule has 1 saturated carbocycles. The summed E-state index contributed by atoms with van der Waals surface area (Å²) in [5, 5.41) is 5.98. The van der Waals surface area contributed by atoms with Crippen molar-refractivity contribution in [3.8, 4) is 0 Å². The van der Waals surface area contributed by atoms with Gasteiger partial charge in [0.15, 0.2) is 5.96 Å². The lowest BCUT2D eigenvalue weighted by Crippen LogP contribution is -2.33. The van der Waals surface area contributed by atoms with Crippen molar-refractivity contribution in [2.75, 3.05) is 13.1 Å².